The fraction of sp³-hybridized carbons (Fsp3) is 0.533. The summed E-state index contributed by atoms with van der Waals surface area (Å²) in [5.74, 6) is -0.255. The number of aliphatic hydroxyl groups is 1. The maximum atomic E-state index is 11.6. The van der Waals surface area contributed by atoms with Crippen LogP contribution in [0.15, 0.2) is 12.1 Å². The summed E-state index contributed by atoms with van der Waals surface area (Å²) in [5, 5.41) is 10.3. The van der Waals surface area contributed by atoms with Gasteiger partial charge in [-0.1, -0.05) is 11.6 Å². The standard InChI is InChI=1S/C15H17ClO5/c1-2-19-14(18)13(17)9-7-11-12(8-10(9)16)21-15(20-11)5-3-4-6-15/h7-8,13,17H,2-6H2,1H3. The summed E-state index contributed by atoms with van der Waals surface area (Å²) < 4.78 is 16.6. The van der Waals surface area contributed by atoms with Gasteiger partial charge < -0.3 is 19.3 Å². The maximum Gasteiger partial charge on any atom is 0.339 e. The minimum Gasteiger partial charge on any atom is -0.464 e. The molecule has 6 heteroatoms. The molecule has 0 aromatic heterocycles. The Balaban J connectivity index is 1.88. The molecule has 0 saturated heterocycles. The second-order valence-corrected chi connectivity index (χ2v) is 5.70. The van der Waals surface area contributed by atoms with Crippen LogP contribution in [0, 0.1) is 0 Å². The number of carbonyl (C=O) groups excluding carboxylic acids is 1. The number of hydrogen-bond acceptors (Lipinski definition) is 5. The highest BCUT2D eigenvalue weighted by atomic mass is 35.5. The van der Waals surface area contributed by atoms with E-state index in [4.69, 9.17) is 25.8 Å². The average Bonchev–Trinajstić information content (AvgIpc) is 3.03. The van der Waals surface area contributed by atoms with Crippen LogP contribution in [0.2, 0.25) is 5.02 Å². The van der Waals surface area contributed by atoms with Crippen LogP contribution in [0.1, 0.15) is 44.3 Å². The van der Waals surface area contributed by atoms with Crippen molar-refractivity contribution in [3.05, 3.63) is 22.7 Å². The van der Waals surface area contributed by atoms with Crippen molar-refractivity contribution in [1.82, 2.24) is 0 Å². The third-order valence-electron chi connectivity index (χ3n) is 3.82. The summed E-state index contributed by atoms with van der Waals surface area (Å²) in [7, 11) is 0. The maximum absolute atomic E-state index is 11.6. The van der Waals surface area contributed by atoms with Crippen LogP contribution in [0.25, 0.3) is 0 Å². The Morgan fingerprint density at radius 2 is 2.00 bits per heavy atom. The molecule has 2 aliphatic rings. The van der Waals surface area contributed by atoms with E-state index in [1.54, 1.807) is 19.1 Å². The number of esters is 1. The fourth-order valence-electron chi connectivity index (χ4n) is 2.81. The number of benzene rings is 1. The zero-order chi connectivity index (χ0) is 15.0. The molecule has 21 heavy (non-hydrogen) atoms. The number of fused-ring (bicyclic) bond motifs is 1. The van der Waals surface area contributed by atoms with E-state index in [9.17, 15) is 9.90 Å². The monoisotopic (exact) mass is 312 g/mol. The average molecular weight is 313 g/mol. The highest BCUT2D eigenvalue weighted by molar-refractivity contribution is 6.31. The van der Waals surface area contributed by atoms with Gasteiger partial charge in [-0.2, -0.15) is 0 Å². The van der Waals surface area contributed by atoms with Gasteiger partial charge in [0.1, 0.15) is 0 Å². The molecule has 114 valence electrons. The minimum absolute atomic E-state index is 0.196. The first kappa shape index (κ1) is 14.5. The van der Waals surface area contributed by atoms with Crippen molar-refractivity contribution in [2.45, 2.75) is 44.5 Å². The molecule has 1 spiro atoms. The van der Waals surface area contributed by atoms with Gasteiger partial charge in [0.05, 0.1) is 11.6 Å². The van der Waals surface area contributed by atoms with Crippen LogP contribution < -0.4 is 9.47 Å². The summed E-state index contributed by atoms with van der Waals surface area (Å²) in [6.07, 6.45) is 2.34. The van der Waals surface area contributed by atoms with E-state index >= 15 is 0 Å². The normalized spacial score (nSPS) is 19.8. The lowest BCUT2D eigenvalue weighted by Gasteiger charge is -2.21. The van der Waals surface area contributed by atoms with Gasteiger partial charge in [0.2, 0.25) is 0 Å². The molecule has 1 heterocycles. The molecule has 0 bridgehead atoms. The van der Waals surface area contributed by atoms with Gasteiger partial charge in [-0.3, -0.25) is 0 Å². The Hall–Kier alpha value is -1.46. The molecular weight excluding hydrogens is 296 g/mol. The number of halogens is 1. The SMILES string of the molecule is CCOC(=O)C(O)c1cc2c(cc1Cl)OC1(CCCC1)O2. The van der Waals surface area contributed by atoms with Crippen LogP contribution in [0.4, 0.5) is 0 Å². The van der Waals surface area contributed by atoms with E-state index in [1.807, 2.05) is 0 Å². The Bertz CT molecular complexity index is 565. The van der Waals surface area contributed by atoms with E-state index in [1.165, 1.54) is 0 Å². The zero-order valence-electron chi connectivity index (χ0n) is 11.7. The molecule has 1 atom stereocenters. The smallest absolute Gasteiger partial charge is 0.339 e. The second-order valence-electron chi connectivity index (χ2n) is 5.30. The summed E-state index contributed by atoms with van der Waals surface area (Å²) in [6, 6.07) is 3.15. The molecule has 0 radical (unpaired) electrons. The molecule has 1 N–H and O–H groups in total. The third-order valence-corrected chi connectivity index (χ3v) is 4.15. The number of aliphatic hydroxyl groups excluding tert-OH is 1. The van der Waals surface area contributed by atoms with Crippen molar-refractivity contribution in [3.63, 3.8) is 0 Å². The number of carbonyl (C=O) groups is 1. The quantitative estimate of drug-likeness (QED) is 0.869. The first-order chi connectivity index (χ1) is 10.0. The van der Waals surface area contributed by atoms with Crippen molar-refractivity contribution in [1.29, 1.82) is 0 Å². The second kappa shape index (κ2) is 5.39. The molecule has 1 aliphatic carbocycles. The summed E-state index contributed by atoms with van der Waals surface area (Å²) in [4.78, 5) is 11.6. The van der Waals surface area contributed by atoms with Crippen molar-refractivity contribution >= 4 is 17.6 Å². The number of rotatable bonds is 3. The first-order valence-corrected chi connectivity index (χ1v) is 7.48. The van der Waals surface area contributed by atoms with E-state index in [2.05, 4.69) is 0 Å². The predicted molar refractivity (Wildman–Crippen MR) is 75.5 cm³/mol. The number of ether oxygens (including phenoxy) is 3. The fourth-order valence-corrected chi connectivity index (χ4v) is 3.06. The van der Waals surface area contributed by atoms with E-state index in [0.717, 1.165) is 25.7 Å². The van der Waals surface area contributed by atoms with Gasteiger partial charge in [-0.25, -0.2) is 4.79 Å². The van der Waals surface area contributed by atoms with Crippen LogP contribution in [0.3, 0.4) is 0 Å². The van der Waals surface area contributed by atoms with Crippen LogP contribution >= 0.6 is 11.6 Å². The van der Waals surface area contributed by atoms with Crippen molar-refractivity contribution in [2.24, 2.45) is 0 Å². The Kier molecular flexibility index (Phi) is 3.71. The predicted octanol–water partition coefficient (Wildman–Crippen LogP) is 2.98. The molecular formula is C15H17ClO5. The lowest BCUT2D eigenvalue weighted by atomic mass is 10.1. The Morgan fingerprint density at radius 1 is 1.38 bits per heavy atom. The van der Waals surface area contributed by atoms with Crippen molar-refractivity contribution in [3.8, 4) is 11.5 Å². The molecule has 1 aliphatic heterocycles. The summed E-state index contributed by atoms with van der Waals surface area (Å²) >= 11 is 6.14. The lowest BCUT2D eigenvalue weighted by Crippen LogP contribution is -2.34. The summed E-state index contributed by atoms with van der Waals surface area (Å²) in [6.45, 7) is 1.87. The molecule has 1 aromatic rings. The van der Waals surface area contributed by atoms with Gasteiger partial charge in [0, 0.05) is 24.5 Å². The highest BCUT2D eigenvalue weighted by Crippen LogP contribution is 2.48. The molecule has 1 aromatic carbocycles. The van der Waals surface area contributed by atoms with Crippen molar-refractivity contribution < 1.29 is 24.1 Å². The largest absolute Gasteiger partial charge is 0.464 e. The van der Waals surface area contributed by atoms with E-state index < -0.39 is 17.9 Å². The topological polar surface area (TPSA) is 65.0 Å². The van der Waals surface area contributed by atoms with Gasteiger partial charge >= 0.3 is 5.97 Å². The Morgan fingerprint density at radius 3 is 2.62 bits per heavy atom. The van der Waals surface area contributed by atoms with E-state index in [-0.39, 0.29) is 17.2 Å². The number of hydrogen-bond donors (Lipinski definition) is 1. The van der Waals surface area contributed by atoms with Crippen molar-refractivity contribution in [2.75, 3.05) is 6.61 Å². The molecule has 5 nitrogen and oxygen atoms in total. The van der Waals surface area contributed by atoms with Gasteiger partial charge in [-0.05, 0) is 25.8 Å². The third kappa shape index (κ3) is 2.56. The Labute approximate surface area is 127 Å². The van der Waals surface area contributed by atoms with Gasteiger partial charge in [0.25, 0.3) is 5.79 Å². The van der Waals surface area contributed by atoms with Gasteiger partial charge in [0.15, 0.2) is 17.6 Å². The highest BCUT2D eigenvalue weighted by Gasteiger charge is 2.44. The first-order valence-electron chi connectivity index (χ1n) is 7.11. The van der Waals surface area contributed by atoms with E-state index in [0.29, 0.717) is 11.5 Å². The van der Waals surface area contributed by atoms with Crippen LogP contribution in [-0.2, 0) is 9.53 Å². The minimum atomic E-state index is -1.42. The molecule has 0 amide bonds. The van der Waals surface area contributed by atoms with Crippen LogP contribution in [-0.4, -0.2) is 23.5 Å². The van der Waals surface area contributed by atoms with Crippen LogP contribution in [0.5, 0.6) is 11.5 Å². The molecule has 1 saturated carbocycles. The molecule has 3 rings (SSSR count). The van der Waals surface area contributed by atoms with Gasteiger partial charge in [-0.15, -0.1) is 0 Å². The molecule has 1 unspecified atom stereocenters. The molecule has 1 fully saturated rings. The zero-order valence-corrected chi connectivity index (χ0v) is 12.5. The lowest BCUT2D eigenvalue weighted by molar-refractivity contribution is -0.153. The summed E-state index contributed by atoms with van der Waals surface area (Å²) in [5.41, 5.74) is 0.271.